The van der Waals surface area contributed by atoms with Crippen molar-refractivity contribution in [2.75, 3.05) is 20.0 Å². The molecule has 0 atom stereocenters. The lowest BCUT2D eigenvalue weighted by atomic mass is 10.1. The molecule has 2 aromatic carbocycles. The van der Waals surface area contributed by atoms with Crippen molar-refractivity contribution in [3.05, 3.63) is 53.6 Å². The van der Waals surface area contributed by atoms with E-state index in [9.17, 15) is 4.79 Å². The van der Waals surface area contributed by atoms with E-state index >= 15 is 0 Å². The Balaban J connectivity index is 2.12. The van der Waals surface area contributed by atoms with Crippen LogP contribution in [0.5, 0.6) is 11.5 Å². The third-order valence-electron chi connectivity index (χ3n) is 3.06. The molecule has 0 fully saturated rings. The Kier molecular flexibility index (Phi) is 4.66. The van der Waals surface area contributed by atoms with Crippen LogP contribution in [-0.4, -0.2) is 20.2 Å². The Hall–Kier alpha value is -2.69. The first kappa shape index (κ1) is 14.7. The molecule has 0 saturated carbocycles. The van der Waals surface area contributed by atoms with Gasteiger partial charge in [-0.3, -0.25) is 0 Å². The van der Waals surface area contributed by atoms with Crippen LogP contribution in [0.25, 0.3) is 0 Å². The second-order valence-electron chi connectivity index (χ2n) is 4.31. The van der Waals surface area contributed by atoms with Crippen molar-refractivity contribution in [2.45, 2.75) is 6.61 Å². The average Bonchev–Trinajstić information content (AvgIpc) is 2.53. The Morgan fingerprint density at radius 3 is 2.38 bits per heavy atom. The molecule has 0 radical (unpaired) electrons. The number of esters is 1. The highest BCUT2D eigenvalue weighted by atomic mass is 16.5. The first-order chi connectivity index (χ1) is 10.2. The summed E-state index contributed by atoms with van der Waals surface area (Å²) in [5.74, 6) is 0.614. The highest BCUT2D eigenvalue weighted by molar-refractivity contribution is 5.96. The fourth-order valence-electron chi connectivity index (χ4n) is 1.94. The predicted molar refractivity (Wildman–Crippen MR) is 79.5 cm³/mol. The number of nitrogen functional groups attached to an aromatic ring is 1. The van der Waals surface area contributed by atoms with Crippen molar-refractivity contribution >= 4 is 11.7 Å². The van der Waals surface area contributed by atoms with E-state index in [4.69, 9.17) is 19.9 Å². The molecule has 110 valence electrons. The zero-order valence-electron chi connectivity index (χ0n) is 12.0. The molecule has 5 nitrogen and oxygen atoms in total. The minimum atomic E-state index is -0.502. The van der Waals surface area contributed by atoms with Crippen LogP contribution < -0.4 is 15.2 Å². The van der Waals surface area contributed by atoms with E-state index in [0.717, 1.165) is 5.56 Å². The Morgan fingerprint density at radius 1 is 1.00 bits per heavy atom. The molecular formula is C16H17NO4. The summed E-state index contributed by atoms with van der Waals surface area (Å²) in [6.45, 7) is 0.111. The van der Waals surface area contributed by atoms with Gasteiger partial charge in [-0.05, 0) is 18.2 Å². The van der Waals surface area contributed by atoms with Crippen LogP contribution in [0.4, 0.5) is 5.69 Å². The zero-order valence-corrected chi connectivity index (χ0v) is 12.0. The monoisotopic (exact) mass is 287 g/mol. The van der Waals surface area contributed by atoms with Crippen LogP contribution in [0, 0.1) is 0 Å². The van der Waals surface area contributed by atoms with Crippen molar-refractivity contribution < 1.29 is 19.0 Å². The summed E-state index contributed by atoms with van der Waals surface area (Å²) >= 11 is 0. The number of carbonyl (C=O) groups is 1. The van der Waals surface area contributed by atoms with Crippen molar-refractivity contribution in [2.24, 2.45) is 0 Å². The number of carbonyl (C=O) groups excluding carboxylic acids is 1. The van der Waals surface area contributed by atoms with Gasteiger partial charge in [-0.1, -0.05) is 24.3 Å². The van der Waals surface area contributed by atoms with Gasteiger partial charge >= 0.3 is 5.97 Å². The Labute approximate surface area is 123 Å². The van der Waals surface area contributed by atoms with Gasteiger partial charge in [0.05, 0.1) is 25.5 Å². The van der Waals surface area contributed by atoms with Crippen LogP contribution in [-0.2, 0) is 11.3 Å². The Morgan fingerprint density at radius 2 is 1.67 bits per heavy atom. The normalized spacial score (nSPS) is 10.0. The molecule has 5 heteroatoms. The van der Waals surface area contributed by atoms with Gasteiger partial charge in [0, 0.05) is 5.56 Å². The second kappa shape index (κ2) is 6.65. The molecule has 0 heterocycles. The molecule has 0 bridgehead atoms. The van der Waals surface area contributed by atoms with E-state index in [0.29, 0.717) is 11.5 Å². The lowest BCUT2D eigenvalue weighted by Gasteiger charge is -2.11. The maximum absolute atomic E-state index is 12.1. The van der Waals surface area contributed by atoms with Gasteiger partial charge in [0.25, 0.3) is 0 Å². The SMILES string of the molecule is COc1ccccc1COC(=O)c1cccc(OC)c1N. The minimum Gasteiger partial charge on any atom is -0.496 e. The number of rotatable bonds is 5. The van der Waals surface area contributed by atoms with Crippen molar-refractivity contribution in [1.82, 2.24) is 0 Å². The smallest absolute Gasteiger partial charge is 0.340 e. The molecule has 0 amide bonds. The van der Waals surface area contributed by atoms with Gasteiger partial charge in [0.1, 0.15) is 18.1 Å². The predicted octanol–water partition coefficient (Wildman–Crippen LogP) is 2.64. The number of hydrogen-bond acceptors (Lipinski definition) is 5. The lowest BCUT2D eigenvalue weighted by Crippen LogP contribution is -2.09. The van der Waals surface area contributed by atoms with Crippen molar-refractivity contribution in [3.63, 3.8) is 0 Å². The quantitative estimate of drug-likeness (QED) is 0.676. The molecule has 2 N–H and O–H groups in total. The van der Waals surface area contributed by atoms with Gasteiger partial charge in [0.15, 0.2) is 0 Å². The zero-order chi connectivity index (χ0) is 15.2. The second-order valence-corrected chi connectivity index (χ2v) is 4.31. The molecule has 0 aliphatic heterocycles. The maximum Gasteiger partial charge on any atom is 0.340 e. The first-order valence-corrected chi connectivity index (χ1v) is 6.39. The van der Waals surface area contributed by atoms with Gasteiger partial charge in [-0.15, -0.1) is 0 Å². The van der Waals surface area contributed by atoms with E-state index < -0.39 is 5.97 Å². The summed E-state index contributed by atoms with van der Waals surface area (Å²) in [5, 5.41) is 0. The molecule has 2 aromatic rings. The molecule has 0 spiro atoms. The van der Waals surface area contributed by atoms with Gasteiger partial charge < -0.3 is 19.9 Å². The lowest BCUT2D eigenvalue weighted by molar-refractivity contribution is 0.0471. The summed E-state index contributed by atoms with van der Waals surface area (Å²) in [6.07, 6.45) is 0. The standard InChI is InChI=1S/C16H17NO4/c1-19-13-8-4-3-6-11(13)10-21-16(18)12-7-5-9-14(20-2)15(12)17/h3-9H,10,17H2,1-2H3. The number of hydrogen-bond donors (Lipinski definition) is 1. The molecule has 0 saturated heterocycles. The van der Waals surface area contributed by atoms with Crippen LogP contribution in [0.1, 0.15) is 15.9 Å². The average molecular weight is 287 g/mol. The molecule has 0 aliphatic carbocycles. The largest absolute Gasteiger partial charge is 0.496 e. The number of para-hydroxylation sites is 2. The highest BCUT2D eigenvalue weighted by Crippen LogP contribution is 2.26. The number of ether oxygens (including phenoxy) is 3. The van der Waals surface area contributed by atoms with Gasteiger partial charge in [0.2, 0.25) is 0 Å². The topological polar surface area (TPSA) is 70.8 Å². The van der Waals surface area contributed by atoms with E-state index in [-0.39, 0.29) is 17.9 Å². The third kappa shape index (κ3) is 3.25. The molecular weight excluding hydrogens is 270 g/mol. The summed E-state index contributed by atoms with van der Waals surface area (Å²) in [7, 11) is 3.07. The van der Waals surface area contributed by atoms with Crippen molar-refractivity contribution in [3.8, 4) is 11.5 Å². The minimum absolute atomic E-state index is 0.111. The van der Waals surface area contributed by atoms with Crippen LogP contribution in [0.2, 0.25) is 0 Å². The van der Waals surface area contributed by atoms with E-state index in [2.05, 4.69) is 0 Å². The fraction of sp³-hybridized carbons (Fsp3) is 0.188. The number of benzene rings is 2. The first-order valence-electron chi connectivity index (χ1n) is 6.39. The maximum atomic E-state index is 12.1. The Bertz CT molecular complexity index is 640. The molecule has 0 aromatic heterocycles. The molecule has 21 heavy (non-hydrogen) atoms. The van der Waals surface area contributed by atoms with E-state index in [1.807, 2.05) is 24.3 Å². The number of anilines is 1. The van der Waals surface area contributed by atoms with Crippen LogP contribution in [0.3, 0.4) is 0 Å². The number of nitrogens with two attached hydrogens (primary N) is 1. The molecule has 0 unspecified atom stereocenters. The van der Waals surface area contributed by atoms with Crippen LogP contribution in [0.15, 0.2) is 42.5 Å². The van der Waals surface area contributed by atoms with E-state index in [1.54, 1.807) is 25.3 Å². The van der Waals surface area contributed by atoms with Gasteiger partial charge in [-0.25, -0.2) is 4.79 Å². The summed E-state index contributed by atoms with van der Waals surface area (Å²) < 4.78 is 15.6. The van der Waals surface area contributed by atoms with Crippen molar-refractivity contribution in [1.29, 1.82) is 0 Å². The van der Waals surface area contributed by atoms with Crippen LogP contribution >= 0.6 is 0 Å². The summed E-state index contributed by atoms with van der Waals surface area (Å²) in [4.78, 5) is 12.1. The fourth-order valence-corrected chi connectivity index (χ4v) is 1.94. The molecule has 2 rings (SSSR count). The van der Waals surface area contributed by atoms with E-state index in [1.165, 1.54) is 7.11 Å². The highest BCUT2D eigenvalue weighted by Gasteiger charge is 2.15. The third-order valence-corrected chi connectivity index (χ3v) is 3.06. The summed E-state index contributed by atoms with van der Waals surface area (Å²) in [6, 6.07) is 12.3. The van der Waals surface area contributed by atoms with Gasteiger partial charge in [-0.2, -0.15) is 0 Å². The summed E-state index contributed by atoms with van der Waals surface area (Å²) in [5.41, 5.74) is 7.21. The number of methoxy groups -OCH3 is 2. The molecule has 0 aliphatic rings.